The summed E-state index contributed by atoms with van der Waals surface area (Å²) in [6.45, 7) is 4.04. The average molecular weight is 156 g/mol. The highest BCUT2D eigenvalue weighted by atomic mass is 32.1. The van der Waals surface area contributed by atoms with Crippen LogP contribution in [0.4, 0.5) is 0 Å². The monoisotopic (exact) mass is 156 g/mol. The lowest BCUT2D eigenvalue weighted by atomic mass is 10.2. The molecule has 1 nitrogen and oxygen atoms in total. The number of aliphatic hydroxyl groups is 1. The number of rotatable bonds is 2. The maximum atomic E-state index is 9.35. The molecule has 1 atom stereocenters. The van der Waals surface area contributed by atoms with Crippen molar-refractivity contribution in [2.75, 3.05) is 0 Å². The minimum atomic E-state index is -0.251. The zero-order chi connectivity index (χ0) is 7.56. The molecule has 1 unspecified atom stereocenters. The summed E-state index contributed by atoms with van der Waals surface area (Å²) in [5.74, 6) is 0. The standard InChI is InChI=1S/C8H12OS/c1-3-7(9)8-5-4-6(2)10-8/h4-5,7,9H,3H2,1-2H3. The highest BCUT2D eigenvalue weighted by molar-refractivity contribution is 7.11. The lowest BCUT2D eigenvalue weighted by Crippen LogP contribution is -1.89. The van der Waals surface area contributed by atoms with E-state index in [4.69, 9.17) is 0 Å². The number of thiophene rings is 1. The van der Waals surface area contributed by atoms with Crippen molar-refractivity contribution in [3.05, 3.63) is 21.9 Å². The Morgan fingerprint density at radius 2 is 2.30 bits per heavy atom. The highest BCUT2D eigenvalue weighted by Gasteiger charge is 2.05. The predicted octanol–water partition coefficient (Wildman–Crippen LogP) is 2.50. The van der Waals surface area contributed by atoms with E-state index in [9.17, 15) is 5.11 Å². The van der Waals surface area contributed by atoms with Gasteiger partial charge in [-0.2, -0.15) is 0 Å². The van der Waals surface area contributed by atoms with Crippen LogP contribution in [0.15, 0.2) is 12.1 Å². The van der Waals surface area contributed by atoms with Gasteiger partial charge < -0.3 is 5.11 Å². The number of aryl methyl sites for hydroxylation is 1. The molecule has 2 heteroatoms. The molecule has 0 aliphatic rings. The molecular formula is C8H12OS. The van der Waals surface area contributed by atoms with E-state index in [2.05, 4.69) is 6.92 Å². The molecule has 56 valence electrons. The Hall–Kier alpha value is -0.340. The Labute approximate surface area is 65.3 Å². The van der Waals surface area contributed by atoms with E-state index in [0.29, 0.717) is 0 Å². The van der Waals surface area contributed by atoms with E-state index in [0.717, 1.165) is 11.3 Å². The molecule has 0 fully saturated rings. The van der Waals surface area contributed by atoms with Crippen LogP contribution >= 0.6 is 11.3 Å². The minimum absolute atomic E-state index is 0.251. The largest absolute Gasteiger partial charge is 0.388 e. The second-order valence-corrected chi connectivity index (χ2v) is 3.69. The Morgan fingerprint density at radius 3 is 2.70 bits per heavy atom. The molecule has 0 radical (unpaired) electrons. The van der Waals surface area contributed by atoms with Crippen molar-refractivity contribution in [2.45, 2.75) is 26.4 Å². The van der Waals surface area contributed by atoms with Crippen molar-refractivity contribution in [2.24, 2.45) is 0 Å². The molecule has 0 saturated carbocycles. The quantitative estimate of drug-likeness (QED) is 0.697. The summed E-state index contributed by atoms with van der Waals surface area (Å²) < 4.78 is 0. The van der Waals surface area contributed by atoms with Crippen molar-refractivity contribution in [1.82, 2.24) is 0 Å². The fourth-order valence-electron chi connectivity index (χ4n) is 0.834. The Balaban J connectivity index is 2.74. The molecule has 0 bridgehead atoms. The third-order valence-electron chi connectivity index (χ3n) is 1.48. The summed E-state index contributed by atoms with van der Waals surface area (Å²) >= 11 is 1.67. The second-order valence-electron chi connectivity index (χ2n) is 2.37. The number of aliphatic hydroxyl groups excluding tert-OH is 1. The van der Waals surface area contributed by atoms with Crippen molar-refractivity contribution in [1.29, 1.82) is 0 Å². The van der Waals surface area contributed by atoms with Crippen molar-refractivity contribution >= 4 is 11.3 Å². The van der Waals surface area contributed by atoms with Gasteiger partial charge in [0, 0.05) is 9.75 Å². The van der Waals surface area contributed by atoms with Gasteiger partial charge in [-0.1, -0.05) is 6.92 Å². The van der Waals surface area contributed by atoms with Crippen LogP contribution in [0.5, 0.6) is 0 Å². The smallest absolute Gasteiger partial charge is 0.0879 e. The van der Waals surface area contributed by atoms with E-state index < -0.39 is 0 Å². The van der Waals surface area contributed by atoms with Crippen LogP contribution in [-0.4, -0.2) is 5.11 Å². The maximum Gasteiger partial charge on any atom is 0.0879 e. The molecule has 1 aromatic heterocycles. The second kappa shape index (κ2) is 3.17. The summed E-state index contributed by atoms with van der Waals surface area (Å²) in [4.78, 5) is 2.35. The third-order valence-corrected chi connectivity index (χ3v) is 2.58. The van der Waals surface area contributed by atoms with Crippen LogP contribution < -0.4 is 0 Å². The van der Waals surface area contributed by atoms with Gasteiger partial charge in [0.25, 0.3) is 0 Å². The van der Waals surface area contributed by atoms with E-state index in [1.807, 2.05) is 19.1 Å². The van der Waals surface area contributed by atoms with Gasteiger partial charge in [-0.15, -0.1) is 11.3 Å². The maximum absolute atomic E-state index is 9.35. The normalized spacial score (nSPS) is 13.5. The van der Waals surface area contributed by atoms with Gasteiger partial charge in [0.1, 0.15) is 0 Å². The van der Waals surface area contributed by atoms with Gasteiger partial charge in [0.15, 0.2) is 0 Å². The van der Waals surface area contributed by atoms with E-state index in [1.54, 1.807) is 11.3 Å². The first-order chi connectivity index (χ1) is 4.74. The molecular weight excluding hydrogens is 144 g/mol. The Morgan fingerprint density at radius 1 is 1.60 bits per heavy atom. The van der Waals surface area contributed by atoms with Crippen LogP contribution in [0.3, 0.4) is 0 Å². The fourth-order valence-corrected chi connectivity index (χ4v) is 1.78. The lowest BCUT2D eigenvalue weighted by molar-refractivity contribution is 0.177. The SMILES string of the molecule is CCC(O)c1ccc(C)s1. The van der Waals surface area contributed by atoms with Crippen LogP contribution in [0, 0.1) is 6.92 Å². The van der Waals surface area contributed by atoms with Gasteiger partial charge in [-0.05, 0) is 25.5 Å². The summed E-state index contributed by atoms with van der Waals surface area (Å²) in [6, 6.07) is 4.03. The predicted molar refractivity (Wildman–Crippen MR) is 44.3 cm³/mol. The summed E-state index contributed by atoms with van der Waals surface area (Å²) in [5.41, 5.74) is 0. The molecule has 0 amide bonds. The molecule has 0 spiro atoms. The van der Waals surface area contributed by atoms with Gasteiger partial charge in [-0.3, -0.25) is 0 Å². The summed E-state index contributed by atoms with van der Waals surface area (Å²) in [6.07, 6.45) is 0.554. The molecule has 1 heterocycles. The van der Waals surface area contributed by atoms with Gasteiger partial charge in [0.05, 0.1) is 6.10 Å². The average Bonchev–Trinajstić information content (AvgIpc) is 2.34. The number of hydrogen-bond donors (Lipinski definition) is 1. The zero-order valence-corrected chi connectivity index (χ0v) is 7.11. The van der Waals surface area contributed by atoms with Crippen molar-refractivity contribution in [3.63, 3.8) is 0 Å². The number of hydrogen-bond acceptors (Lipinski definition) is 2. The molecule has 1 rings (SSSR count). The van der Waals surface area contributed by atoms with Crippen LogP contribution in [-0.2, 0) is 0 Å². The van der Waals surface area contributed by atoms with E-state index in [1.165, 1.54) is 4.88 Å². The van der Waals surface area contributed by atoms with Gasteiger partial charge in [-0.25, -0.2) is 0 Å². The van der Waals surface area contributed by atoms with Crippen molar-refractivity contribution in [3.8, 4) is 0 Å². The zero-order valence-electron chi connectivity index (χ0n) is 6.29. The third kappa shape index (κ3) is 1.58. The molecule has 0 saturated heterocycles. The molecule has 0 aliphatic heterocycles. The molecule has 0 aliphatic carbocycles. The van der Waals surface area contributed by atoms with Gasteiger partial charge >= 0.3 is 0 Å². The van der Waals surface area contributed by atoms with Crippen LogP contribution in [0.1, 0.15) is 29.2 Å². The first-order valence-corrected chi connectivity index (χ1v) is 4.30. The first kappa shape index (κ1) is 7.76. The van der Waals surface area contributed by atoms with Crippen LogP contribution in [0.2, 0.25) is 0 Å². The molecule has 10 heavy (non-hydrogen) atoms. The topological polar surface area (TPSA) is 20.2 Å². The first-order valence-electron chi connectivity index (χ1n) is 3.48. The molecule has 1 aromatic rings. The van der Waals surface area contributed by atoms with Crippen molar-refractivity contribution < 1.29 is 5.11 Å². The van der Waals surface area contributed by atoms with Gasteiger partial charge in [0.2, 0.25) is 0 Å². The Bertz CT molecular complexity index is 205. The molecule has 1 N–H and O–H groups in total. The van der Waals surface area contributed by atoms with E-state index in [-0.39, 0.29) is 6.10 Å². The summed E-state index contributed by atoms with van der Waals surface area (Å²) in [5, 5.41) is 9.35. The molecule has 0 aromatic carbocycles. The summed E-state index contributed by atoms with van der Waals surface area (Å²) in [7, 11) is 0. The lowest BCUT2D eigenvalue weighted by Gasteiger charge is -2.01. The van der Waals surface area contributed by atoms with Crippen LogP contribution in [0.25, 0.3) is 0 Å². The Kier molecular flexibility index (Phi) is 2.46. The van der Waals surface area contributed by atoms with E-state index >= 15 is 0 Å². The highest BCUT2D eigenvalue weighted by Crippen LogP contribution is 2.24. The minimum Gasteiger partial charge on any atom is -0.388 e. The fraction of sp³-hybridized carbons (Fsp3) is 0.500.